The molecule has 1 aromatic carbocycles. The van der Waals surface area contributed by atoms with E-state index in [9.17, 15) is 9.90 Å². The Morgan fingerprint density at radius 3 is 2.59 bits per heavy atom. The summed E-state index contributed by atoms with van der Waals surface area (Å²) in [6.45, 7) is 2.05. The van der Waals surface area contributed by atoms with Crippen molar-refractivity contribution in [2.45, 2.75) is 19.8 Å². The fourth-order valence-electron chi connectivity index (χ4n) is 1.24. The summed E-state index contributed by atoms with van der Waals surface area (Å²) in [4.78, 5) is 10.3. The monoisotopic (exact) mass is 242 g/mol. The summed E-state index contributed by atoms with van der Waals surface area (Å²) < 4.78 is 0. The van der Waals surface area contributed by atoms with E-state index in [0.717, 1.165) is 12.8 Å². The molecule has 0 unspecified atom stereocenters. The number of benzene rings is 1. The third kappa shape index (κ3) is 7.15. The molecule has 0 fully saturated rings. The molecule has 0 aliphatic rings. The summed E-state index contributed by atoms with van der Waals surface area (Å²) in [5, 5.41) is 14.0. The minimum atomic E-state index is -1.24. The number of hydrazone groups is 1. The molecule has 1 N–H and O–H groups in total. The molecule has 0 spiro atoms. The van der Waals surface area contributed by atoms with Crippen molar-refractivity contribution in [3.05, 3.63) is 35.9 Å². The molecule has 0 aromatic heterocycles. The Bertz CT molecular complexity index is 366. The summed E-state index contributed by atoms with van der Waals surface area (Å²) >= 11 is 0. The van der Waals surface area contributed by atoms with E-state index >= 15 is 0 Å². The van der Waals surface area contributed by atoms with Crippen molar-refractivity contribution in [3.8, 4) is 0 Å². The predicted molar refractivity (Wildman–Crippen MR) is 60.9 cm³/mol. The maximum Gasteiger partial charge on any atom is 1.00 e. The first-order chi connectivity index (χ1) is 7.70. The van der Waals surface area contributed by atoms with E-state index in [2.05, 4.69) is 22.7 Å². The number of aryl methyl sites for hydroxylation is 1. The van der Waals surface area contributed by atoms with E-state index < -0.39 is 5.97 Å². The third-order valence-electron chi connectivity index (χ3n) is 2.14. The number of carbonyl (C=O) groups is 1. The zero-order chi connectivity index (χ0) is 11.8. The van der Waals surface area contributed by atoms with Gasteiger partial charge in [-0.15, -0.1) is 0 Å². The first-order valence-electron chi connectivity index (χ1n) is 5.22. The molecule has 0 aliphatic carbocycles. The Labute approximate surface area is 123 Å². The maximum absolute atomic E-state index is 10.3. The smallest absolute Gasteiger partial charge is 0.543 e. The van der Waals surface area contributed by atoms with Gasteiger partial charge in [-0.2, -0.15) is 5.10 Å². The molecule has 0 bridgehead atoms. The normalized spacial score (nSPS) is 10.5. The van der Waals surface area contributed by atoms with Gasteiger partial charge in [0.05, 0.1) is 11.7 Å². The molecule has 0 saturated heterocycles. The fourth-order valence-corrected chi connectivity index (χ4v) is 1.24. The van der Waals surface area contributed by atoms with Gasteiger partial charge >= 0.3 is 29.6 Å². The second-order valence-corrected chi connectivity index (χ2v) is 3.48. The summed E-state index contributed by atoms with van der Waals surface area (Å²) in [6.07, 6.45) is 1.86. The van der Waals surface area contributed by atoms with E-state index in [4.69, 9.17) is 0 Å². The molecule has 86 valence electrons. The first-order valence-corrected chi connectivity index (χ1v) is 5.22. The second-order valence-electron chi connectivity index (χ2n) is 3.48. The molecule has 0 amide bonds. The van der Waals surface area contributed by atoms with Crippen LogP contribution in [-0.4, -0.2) is 18.2 Å². The number of nitrogens with one attached hydrogen (secondary N) is 1. The summed E-state index contributed by atoms with van der Waals surface area (Å²) in [5.74, 6) is -1.24. The van der Waals surface area contributed by atoms with Gasteiger partial charge in [-0.1, -0.05) is 30.3 Å². The topological polar surface area (TPSA) is 64.5 Å². The number of carboxylic acids is 1. The summed E-state index contributed by atoms with van der Waals surface area (Å²) in [6, 6.07) is 10.1. The average Bonchev–Trinajstić information content (AvgIpc) is 2.29. The molecule has 0 atom stereocenters. The van der Waals surface area contributed by atoms with Crippen LogP contribution in [0.15, 0.2) is 35.4 Å². The minimum Gasteiger partial charge on any atom is -0.543 e. The summed E-state index contributed by atoms with van der Waals surface area (Å²) in [5.41, 5.74) is 3.94. The van der Waals surface area contributed by atoms with Crippen LogP contribution >= 0.6 is 0 Å². The van der Waals surface area contributed by atoms with Gasteiger partial charge in [0.1, 0.15) is 0 Å². The Morgan fingerprint density at radius 1 is 1.35 bits per heavy atom. The van der Waals surface area contributed by atoms with Gasteiger partial charge in [0.15, 0.2) is 0 Å². The van der Waals surface area contributed by atoms with Crippen LogP contribution in [0.1, 0.15) is 18.9 Å². The number of hydrogen-bond acceptors (Lipinski definition) is 4. The van der Waals surface area contributed by atoms with Crippen molar-refractivity contribution in [1.29, 1.82) is 0 Å². The van der Waals surface area contributed by atoms with E-state index in [1.165, 1.54) is 12.5 Å². The van der Waals surface area contributed by atoms with E-state index in [1.807, 2.05) is 18.2 Å². The van der Waals surface area contributed by atoms with E-state index in [-0.39, 0.29) is 35.3 Å². The van der Waals surface area contributed by atoms with E-state index in [1.54, 1.807) is 0 Å². The van der Waals surface area contributed by atoms with Gasteiger partial charge in [0.25, 0.3) is 0 Å². The molecule has 1 rings (SSSR count). The van der Waals surface area contributed by atoms with Gasteiger partial charge in [0, 0.05) is 6.54 Å². The van der Waals surface area contributed by atoms with Crippen LogP contribution in [0.3, 0.4) is 0 Å². The molecular weight excluding hydrogens is 227 g/mol. The van der Waals surface area contributed by atoms with Gasteiger partial charge < -0.3 is 15.3 Å². The van der Waals surface area contributed by atoms with Crippen molar-refractivity contribution in [2.75, 3.05) is 6.54 Å². The van der Waals surface area contributed by atoms with Gasteiger partial charge in [0.2, 0.25) is 0 Å². The molecule has 0 radical (unpaired) electrons. The average molecular weight is 242 g/mol. The van der Waals surface area contributed by atoms with E-state index in [0.29, 0.717) is 6.54 Å². The van der Waals surface area contributed by atoms with Crippen molar-refractivity contribution >= 4 is 11.7 Å². The van der Waals surface area contributed by atoms with Crippen molar-refractivity contribution < 1.29 is 39.5 Å². The minimum absolute atomic E-state index is 0. The molecule has 4 nitrogen and oxygen atoms in total. The SMILES string of the molecule is CC(=NNCCCc1ccccc1)C(=O)[O-].[Na+]. The van der Waals surface area contributed by atoms with Gasteiger partial charge in [-0.25, -0.2) is 0 Å². The Morgan fingerprint density at radius 2 is 2.00 bits per heavy atom. The third-order valence-corrected chi connectivity index (χ3v) is 2.14. The Hall–Kier alpha value is -0.840. The Kier molecular flexibility index (Phi) is 8.76. The molecule has 0 aliphatic heterocycles. The van der Waals surface area contributed by atoms with Crippen LogP contribution in [0.5, 0.6) is 0 Å². The quantitative estimate of drug-likeness (QED) is 0.256. The predicted octanol–water partition coefficient (Wildman–Crippen LogP) is -2.66. The second kappa shape index (κ2) is 9.22. The molecule has 5 heteroatoms. The zero-order valence-corrected chi connectivity index (χ0v) is 12.3. The zero-order valence-electron chi connectivity index (χ0n) is 10.3. The van der Waals surface area contributed by atoms with Crippen molar-refractivity contribution in [2.24, 2.45) is 5.10 Å². The van der Waals surface area contributed by atoms with Gasteiger partial charge in [-0.05, 0) is 25.3 Å². The number of carboxylic acid groups (broad SMARTS) is 1. The molecule has 0 heterocycles. The molecular formula is C12H15N2NaO2. The summed E-state index contributed by atoms with van der Waals surface area (Å²) in [7, 11) is 0. The largest absolute Gasteiger partial charge is 1.00 e. The van der Waals surface area contributed by atoms with Crippen LogP contribution in [0.2, 0.25) is 0 Å². The maximum atomic E-state index is 10.3. The standard InChI is InChI=1S/C12H16N2O2.Na/c1-10(12(15)16)14-13-9-5-8-11-6-3-2-4-7-11;/h2-4,6-7,13H,5,8-9H2,1H3,(H,15,16);/q;+1/p-1. The van der Waals surface area contributed by atoms with Crippen LogP contribution in [0, 0.1) is 0 Å². The molecule has 0 saturated carbocycles. The van der Waals surface area contributed by atoms with Crippen LogP contribution < -0.4 is 40.1 Å². The molecule has 17 heavy (non-hydrogen) atoms. The first kappa shape index (κ1) is 16.2. The van der Waals surface area contributed by atoms with Crippen molar-refractivity contribution in [3.63, 3.8) is 0 Å². The van der Waals surface area contributed by atoms with Gasteiger partial charge in [-0.3, -0.25) is 0 Å². The van der Waals surface area contributed by atoms with Crippen LogP contribution in [-0.2, 0) is 11.2 Å². The number of rotatable bonds is 6. The Balaban J connectivity index is 0.00000256. The number of carbonyl (C=O) groups excluding carboxylic acids is 1. The van der Waals surface area contributed by atoms with Crippen molar-refractivity contribution in [1.82, 2.24) is 5.43 Å². The number of aliphatic carboxylic acids is 1. The fraction of sp³-hybridized carbons (Fsp3) is 0.333. The number of nitrogens with zero attached hydrogens (tertiary/aromatic N) is 1. The van der Waals surface area contributed by atoms with Crippen LogP contribution in [0.4, 0.5) is 0 Å². The molecule has 1 aromatic rings. The van der Waals surface area contributed by atoms with Crippen LogP contribution in [0.25, 0.3) is 0 Å². The number of hydrogen-bond donors (Lipinski definition) is 1.